The molecule has 0 spiro atoms. The average molecular weight is 1140 g/mol. The van der Waals surface area contributed by atoms with Crippen LogP contribution in [0.15, 0.2) is 79.0 Å². The number of H-pyrrole nitrogens is 1. The molecule has 14 N–H and O–H groups in total. The maximum Gasteiger partial charge on any atom is 0.326 e. The van der Waals surface area contributed by atoms with E-state index in [2.05, 4.69) is 42.2 Å². The van der Waals surface area contributed by atoms with Crippen molar-refractivity contribution in [1.29, 1.82) is 0 Å². The molecule has 1 saturated heterocycles. The van der Waals surface area contributed by atoms with Crippen LogP contribution < -0.4 is 48.7 Å². The number of carboxylic acids is 2. The minimum atomic E-state index is -1.62. The largest absolute Gasteiger partial charge is 0.481 e. The van der Waals surface area contributed by atoms with E-state index in [0.717, 1.165) is 32.5 Å². The quantitative estimate of drug-likeness (QED) is 0.0504. The normalized spacial score (nSPS) is 21.8. The molecule has 416 valence electrons. The summed E-state index contributed by atoms with van der Waals surface area (Å²) < 4.78 is -1.42. The third-order valence-corrected chi connectivity index (χ3v) is 16.7. The van der Waals surface area contributed by atoms with E-state index < -0.39 is 119 Å². The number of para-hydroxylation sites is 1. The van der Waals surface area contributed by atoms with Crippen LogP contribution in [0.4, 0.5) is 0 Å². The standard InChI is InChI=1S/C52H66Cl2N10O11S2/c1-27(2)42(51(74)75)63-49(72)40-26-76-77-52(3,4)43(64-44(67)34(56)24-41(65)66)50(73)61-37(21-28-12-6-5-7-13-28)46(69)60-39(23-30-25-57-35-15-9-8-14-31(30)35)48(71)58-36(16-10-11-19-55)45(68)59-38(47(70)62-40)22-29-17-18-32(53)33(54)20-29/h5-9,12-15,17-18,20,25,27,34,36-40,42-43,57H,10-11,16,19,21-24,26,55-56H2,1-4H3,(H,58,71)(H,59,68)(H,60,69)(H,61,73)(H,62,70)(H,63,72)(H,64,67)(H,65,66)(H,74,75)/t34-,36-,37?,38?,39-,40?,42?,43+/m0/s1. The lowest BCUT2D eigenvalue weighted by molar-refractivity contribution is -0.143. The predicted molar refractivity (Wildman–Crippen MR) is 296 cm³/mol. The molecule has 1 aromatic heterocycles. The van der Waals surface area contributed by atoms with Crippen LogP contribution >= 0.6 is 44.8 Å². The fourth-order valence-corrected chi connectivity index (χ4v) is 11.5. The monoisotopic (exact) mass is 1140 g/mol. The van der Waals surface area contributed by atoms with Gasteiger partial charge in [-0.3, -0.25) is 38.4 Å². The molecule has 8 atom stereocenters. The third kappa shape index (κ3) is 18.1. The van der Waals surface area contributed by atoms with Gasteiger partial charge in [-0.05, 0) is 80.5 Å². The molecular weight excluding hydrogens is 1080 g/mol. The summed E-state index contributed by atoms with van der Waals surface area (Å²) in [6.07, 6.45) is 1.18. The molecule has 5 rings (SSSR count). The molecule has 1 aliphatic heterocycles. The van der Waals surface area contributed by atoms with Gasteiger partial charge in [-0.15, -0.1) is 0 Å². The lowest BCUT2D eigenvalue weighted by atomic mass is 9.98. The van der Waals surface area contributed by atoms with Crippen molar-refractivity contribution in [2.24, 2.45) is 17.4 Å². The molecule has 0 aliphatic carbocycles. The Morgan fingerprint density at radius 1 is 0.740 bits per heavy atom. The Morgan fingerprint density at radius 2 is 1.32 bits per heavy atom. The Labute approximate surface area is 463 Å². The number of carbonyl (C=O) groups is 9. The molecule has 21 nitrogen and oxygen atoms in total. The summed E-state index contributed by atoms with van der Waals surface area (Å²) in [6, 6.07) is 8.65. The van der Waals surface area contributed by atoms with E-state index in [-0.39, 0.29) is 48.0 Å². The second kappa shape index (κ2) is 28.8. The smallest absolute Gasteiger partial charge is 0.326 e. The zero-order valence-corrected chi connectivity index (χ0v) is 46.0. The minimum absolute atomic E-state index is 0.0139. The SMILES string of the molecule is CC(C)C(NC(=O)C1CSSC(C)(C)[C@H](NC(=O)[C@@H](N)CC(=O)O)C(=O)NC(Cc2ccccc2)C(=O)N[C@@H](Cc2c[nH]c3ccccc23)C(=O)N[C@@H](CCCCN)C(=O)NC(Cc2ccc(Cl)c(Cl)c2)C(=O)N1)C(=O)O. The van der Waals surface area contributed by atoms with E-state index in [4.69, 9.17) is 34.7 Å². The summed E-state index contributed by atoms with van der Waals surface area (Å²) >= 11 is 12.6. The van der Waals surface area contributed by atoms with E-state index in [0.29, 0.717) is 29.5 Å². The highest BCUT2D eigenvalue weighted by atomic mass is 35.5. The number of aliphatic carboxylic acids is 2. The summed E-state index contributed by atoms with van der Waals surface area (Å²) in [4.78, 5) is 129. The number of hydrogen-bond donors (Lipinski definition) is 12. The van der Waals surface area contributed by atoms with Gasteiger partial charge in [0.25, 0.3) is 0 Å². The number of fused-ring (bicyclic) bond motifs is 1. The Balaban J connectivity index is 1.67. The fraction of sp³-hybridized carbons (Fsp3) is 0.442. The van der Waals surface area contributed by atoms with Crippen LogP contribution in [0.5, 0.6) is 0 Å². The lowest BCUT2D eigenvalue weighted by Crippen LogP contribution is -2.63. The van der Waals surface area contributed by atoms with Gasteiger partial charge in [0.1, 0.15) is 42.3 Å². The van der Waals surface area contributed by atoms with E-state index >= 15 is 0 Å². The molecule has 2 heterocycles. The molecule has 3 aromatic carbocycles. The molecule has 25 heteroatoms. The highest BCUT2D eigenvalue weighted by Crippen LogP contribution is 2.39. The first kappa shape index (κ1) is 61.5. The molecule has 4 unspecified atom stereocenters. The summed E-state index contributed by atoms with van der Waals surface area (Å²) in [5, 5.41) is 39.5. The van der Waals surface area contributed by atoms with Gasteiger partial charge in [-0.2, -0.15) is 0 Å². The van der Waals surface area contributed by atoms with Crippen LogP contribution in [0.2, 0.25) is 10.0 Å². The summed E-state index contributed by atoms with van der Waals surface area (Å²) in [5.41, 5.74) is 14.2. The second-order valence-corrected chi connectivity index (χ2v) is 23.3. The Morgan fingerprint density at radius 3 is 1.95 bits per heavy atom. The van der Waals surface area contributed by atoms with E-state index in [1.165, 1.54) is 12.1 Å². The van der Waals surface area contributed by atoms with Gasteiger partial charge < -0.3 is 63.9 Å². The number of benzene rings is 3. The lowest BCUT2D eigenvalue weighted by Gasteiger charge is -2.35. The van der Waals surface area contributed by atoms with E-state index in [9.17, 15) is 53.4 Å². The second-order valence-electron chi connectivity index (χ2n) is 19.5. The van der Waals surface area contributed by atoms with Gasteiger partial charge in [0, 0.05) is 46.9 Å². The predicted octanol–water partition coefficient (Wildman–Crippen LogP) is 2.74. The molecule has 7 amide bonds. The topological polar surface area (TPSA) is 346 Å². The number of unbranched alkanes of at least 4 members (excludes halogenated alkanes) is 1. The summed E-state index contributed by atoms with van der Waals surface area (Å²) in [6.45, 7) is 6.50. The van der Waals surface area contributed by atoms with Gasteiger partial charge in [0.15, 0.2) is 0 Å². The number of amides is 7. The molecule has 77 heavy (non-hydrogen) atoms. The van der Waals surface area contributed by atoms with Crippen molar-refractivity contribution in [3.63, 3.8) is 0 Å². The number of aromatic amines is 1. The van der Waals surface area contributed by atoms with Crippen molar-refractivity contribution in [3.05, 3.63) is 106 Å². The first-order chi connectivity index (χ1) is 36.5. The van der Waals surface area contributed by atoms with E-state index in [1.807, 2.05) is 18.2 Å². The first-order valence-electron chi connectivity index (χ1n) is 24.8. The number of carbonyl (C=O) groups excluding carboxylic acids is 7. The number of aromatic nitrogens is 1. The van der Waals surface area contributed by atoms with Crippen molar-refractivity contribution >= 4 is 109 Å². The Kier molecular flexibility index (Phi) is 23.0. The zero-order chi connectivity index (χ0) is 56.6. The number of halogens is 2. The highest BCUT2D eigenvalue weighted by molar-refractivity contribution is 8.77. The summed E-state index contributed by atoms with van der Waals surface area (Å²) in [7, 11) is 1.91. The highest BCUT2D eigenvalue weighted by Gasteiger charge is 2.42. The van der Waals surface area contributed by atoms with Crippen LogP contribution in [0.25, 0.3) is 10.9 Å². The number of hydrogen-bond acceptors (Lipinski definition) is 13. The van der Waals surface area contributed by atoms with Crippen molar-refractivity contribution in [1.82, 2.24) is 42.2 Å². The van der Waals surface area contributed by atoms with Crippen molar-refractivity contribution in [2.45, 2.75) is 126 Å². The maximum atomic E-state index is 14.9. The summed E-state index contributed by atoms with van der Waals surface area (Å²) in [5.74, 6) is -9.89. The molecular formula is C52H66Cl2N10O11S2. The molecule has 0 radical (unpaired) electrons. The number of nitrogens with two attached hydrogens (primary N) is 2. The van der Waals surface area contributed by atoms with Crippen molar-refractivity contribution in [3.8, 4) is 0 Å². The van der Waals surface area contributed by atoms with Gasteiger partial charge in [-0.25, -0.2) is 4.79 Å². The molecule has 4 aromatic rings. The number of nitrogens with one attached hydrogen (secondary N) is 8. The van der Waals surface area contributed by atoms with Crippen molar-refractivity contribution in [2.75, 3.05) is 12.3 Å². The fourth-order valence-electron chi connectivity index (χ4n) is 8.34. The molecule has 1 aliphatic rings. The van der Waals surface area contributed by atoms with Crippen LogP contribution in [0, 0.1) is 5.92 Å². The van der Waals surface area contributed by atoms with Gasteiger partial charge in [0.05, 0.1) is 22.5 Å². The van der Waals surface area contributed by atoms with Crippen molar-refractivity contribution < 1.29 is 53.4 Å². The third-order valence-electron chi connectivity index (χ3n) is 12.6. The van der Waals surface area contributed by atoms with Crippen LogP contribution in [-0.4, -0.2) is 134 Å². The number of rotatable bonds is 18. The zero-order valence-electron chi connectivity index (χ0n) is 42.9. The first-order valence-corrected chi connectivity index (χ1v) is 27.9. The minimum Gasteiger partial charge on any atom is -0.481 e. The number of carboxylic acid groups (broad SMARTS) is 2. The van der Waals surface area contributed by atoms with E-state index in [1.54, 1.807) is 76.4 Å². The molecule has 0 saturated carbocycles. The Hall–Kier alpha value is -6.37. The van der Waals surface area contributed by atoms with Gasteiger partial charge >= 0.3 is 11.9 Å². The van der Waals surface area contributed by atoms with Gasteiger partial charge in [0.2, 0.25) is 41.4 Å². The maximum absolute atomic E-state index is 14.9. The van der Waals surface area contributed by atoms with Crippen LogP contribution in [0.3, 0.4) is 0 Å². The Bertz CT molecular complexity index is 2770. The van der Waals surface area contributed by atoms with Crippen LogP contribution in [-0.2, 0) is 62.4 Å². The van der Waals surface area contributed by atoms with Crippen LogP contribution in [0.1, 0.15) is 70.1 Å². The molecule has 0 bridgehead atoms. The average Bonchev–Trinajstić information content (AvgIpc) is 3.78. The molecule has 1 fully saturated rings. The van der Waals surface area contributed by atoms with Gasteiger partial charge in [-0.1, -0.05) is 113 Å².